The highest BCUT2D eigenvalue weighted by atomic mass is 32.1. The fourth-order valence-corrected chi connectivity index (χ4v) is 4.51. The molecule has 0 atom stereocenters. The molecule has 0 aliphatic carbocycles. The molecule has 1 aromatic heterocycles. The quantitative estimate of drug-likeness (QED) is 0.753. The number of carbonyl (C=O) groups is 2. The fraction of sp³-hybridized carbons (Fsp3) is 0.400. The molecule has 28 heavy (non-hydrogen) atoms. The lowest BCUT2D eigenvalue weighted by atomic mass is 10.0. The molecule has 0 fully saturated rings. The van der Waals surface area contributed by atoms with Crippen molar-refractivity contribution in [2.24, 2.45) is 0 Å². The number of nitrogens with zero attached hydrogens (tertiary/aromatic N) is 1. The van der Waals surface area contributed by atoms with Crippen LogP contribution in [-0.2, 0) is 17.7 Å². The number of rotatable bonds is 5. The van der Waals surface area contributed by atoms with Gasteiger partial charge in [0.25, 0.3) is 5.91 Å². The lowest BCUT2D eigenvalue weighted by molar-refractivity contribution is 0.0526. The number of ether oxygens (including phenoxy) is 1. The maximum absolute atomic E-state index is 14.0. The number of esters is 1. The number of hydrogen-bond donors (Lipinski definition) is 1. The topological polar surface area (TPSA) is 58.6 Å². The molecule has 0 bridgehead atoms. The van der Waals surface area contributed by atoms with Gasteiger partial charge in [-0.15, -0.1) is 11.3 Å². The Morgan fingerprint density at radius 2 is 1.93 bits per heavy atom. The molecule has 0 unspecified atom stereocenters. The second-order valence-electron chi connectivity index (χ2n) is 6.79. The predicted molar refractivity (Wildman–Crippen MR) is 104 cm³/mol. The van der Waals surface area contributed by atoms with Crippen molar-refractivity contribution < 1.29 is 23.1 Å². The summed E-state index contributed by atoms with van der Waals surface area (Å²) in [6.45, 7) is 7.50. The molecule has 0 saturated carbocycles. The van der Waals surface area contributed by atoms with Crippen LogP contribution in [0.4, 0.5) is 13.8 Å². The highest BCUT2D eigenvalue weighted by Crippen LogP contribution is 2.38. The van der Waals surface area contributed by atoms with Gasteiger partial charge in [-0.2, -0.15) is 0 Å². The number of halogens is 2. The van der Waals surface area contributed by atoms with E-state index in [9.17, 15) is 18.4 Å². The first-order valence-electron chi connectivity index (χ1n) is 9.14. The van der Waals surface area contributed by atoms with Crippen molar-refractivity contribution >= 4 is 28.2 Å². The van der Waals surface area contributed by atoms with E-state index in [0.29, 0.717) is 19.0 Å². The molecule has 5 nitrogen and oxygen atoms in total. The van der Waals surface area contributed by atoms with Gasteiger partial charge < -0.3 is 10.1 Å². The third-order valence-corrected chi connectivity index (χ3v) is 5.85. The van der Waals surface area contributed by atoms with Crippen LogP contribution < -0.4 is 5.32 Å². The van der Waals surface area contributed by atoms with E-state index in [1.807, 2.05) is 0 Å². The SMILES string of the molecule is CCOC(=O)c1c(NC(=O)c2c(F)cccc2F)sc2c1CCN(C(C)C)C2. The minimum Gasteiger partial charge on any atom is -0.462 e. The smallest absolute Gasteiger partial charge is 0.341 e. The molecule has 1 N–H and O–H groups in total. The Hall–Kier alpha value is -2.32. The second kappa shape index (κ2) is 8.36. The van der Waals surface area contributed by atoms with Crippen molar-refractivity contribution in [1.29, 1.82) is 0 Å². The van der Waals surface area contributed by atoms with Crippen molar-refractivity contribution in [1.82, 2.24) is 4.90 Å². The molecule has 2 aromatic rings. The van der Waals surface area contributed by atoms with Gasteiger partial charge in [0.1, 0.15) is 22.2 Å². The molecule has 150 valence electrons. The molecule has 0 saturated heterocycles. The molecule has 3 rings (SSSR count). The van der Waals surface area contributed by atoms with Gasteiger partial charge in [-0.05, 0) is 44.9 Å². The van der Waals surface area contributed by atoms with Crippen LogP contribution in [0.3, 0.4) is 0 Å². The summed E-state index contributed by atoms with van der Waals surface area (Å²) in [5.74, 6) is -3.38. The molecule has 1 aromatic carbocycles. The first-order valence-corrected chi connectivity index (χ1v) is 9.96. The Labute approximate surface area is 166 Å². The number of hydrogen-bond acceptors (Lipinski definition) is 5. The molecule has 1 aliphatic rings. The van der Waals surface area contributed by atoms with Crippen LogP contribution in [0.2, 0.25) is 0 Å². The average Bonchev–Trinajstić information content (AvgIpc) is 2.98. The van der Waals surface area contributed by atoms with Gasteiger partial charge in [-0.3, -0.25) is 9.69 Å². The summed E-state index contributed by atoms with van der Waals surface area (Å²) in [6, 6.07) is 3.57. The van der Waals surface area contributed by atoms with Crippen LogP contribution in [-0.4, -0.2) is 36.0 Å². The van der Waals surface area contributed by atoms with Gasteiger partial charge in [-0.1, -0.05) is 6.07 Å². The minimum atomic E-state index is -0.956. The zero-order valence-electron chi connectivity index (χ0n) is 16.0. The Balaban J connectivity index is 1.98. The van der Waals surface area contributed by atoms with E-state index >= 15 is 0 Å². The normalized spacial score (nSPS) is 14.1. The van der Waals surface area contributed by atoms with Gasteiger partial charge in [0.15, 0.2) is 0 Å². The molecule has 1 aliphatic heterocycles. The van der Waals surface area contributed by atoms with Gasteiger partial charge in [0.05, 0.1) is 12.2 Å². The van der Waals surface area contributed by atoms with Crippen LogP contribution in [0.15, 0.2) is 18.2 Å². The third kappa shape index (κ3) is 3.93. The van der Waals surface area contributed by atoms with Crippen molar-refractivity contribution in [3.8, 4) is 0 Å². The summed E-state index contributed by atoms with van der Waals surface area (Å²) in [7, 11) is 0. The van der Waals surface area contributed by atoms with E-state index in [4.69, 9.17) is 4.74 Å². The van der Waals surface area contributed by atoms with Crippen LogP contribution in [0, 0.1) is 11.6 Å². The molecular formula is C20H22F2N2O3S. The zero-order chi connectivity index (χ0) is 20.4. The highest BCUT2D eigenvalue weighted by molar-refractivity contribution is 7.17. The number of fused-ring (bicyclic) bond motifs is 1. The van der Waals surface area contributed by atoms with Crippen molar-refractivity contribution in [3.05, 3.63) is 51.4 Å². The van der Waals surface area contributed by atoms with Gasteiger partial charge in [0, 0.05) is 24.0 Å². The summed E-state index contributed by atoms with van der Waals surface area (Å²) in [4.78, 5) is 28.3. The molecule has 1 amide bonds. The number of benzene rings is 1. The predicted octanol–water partition coefficient (Wildman–Crippen LogP) is 4.22. The van der Waals surface area contributed by atoms with E-state index in [-0.39, 0.29) is 17.2 Å². The van der Waals surface area contributed by atoms with Crippen LogP contribution >= 0.6 is 11.3 Å². The summed E-state index contributed by atoms with van der Waals surface area (Å²) >= 11 is 1.25. The standard InChI is InChI=1S/C20H22F2N2O3S/c1-4-27-20(26)16-12-8-9-24(11(2)3)10-15(12)28-19(16)23-18(25)17-13(21)6-5-7-14(17)22/h5-7,11H,4,8-10H2,1-3H3,(H,23,25). The number of carbonyl (C=O) groups excluding carboxylic acids is 2. The molecular weight excluding hydrogens is 386 g/mol. The number of thiophene rings is 1. The molecule has 0 spiro atoms. The minimum absolute atomic E-state index is 0.191. The van der Waals surface area contributed by atoms with Crippen molar-refractivity contribution in [3.63, 3.8) is 0 Å². The highest BCUT2D eigenvalue weighted by Gasteiger charge is 2.31. The lowest BCUT2D eigenvalue weighted by Crippen LogP contribution is -2.35. The fourth-order valence-electron chi connectivity index (χ4n) is 3.25. The summed E-state index contributed by atoms with van der Waals surface area (Å²) < 4.78 is 33.1. The monoisotopic (exact) mass is 408 g/mol. The van der Waals surface area contributed by atoms with Crippen LogP contribution in [0.5, 0.6) is 0 Å². The summed E-state index contributed by atoms with van der Waals surface area (Å²) in [6.07, 6.45) is 0.641. The van der Waals surface area contributed by atoms with E-state index in [0.717, 1.165) is 29.1 Å². The number of anilines is 1. The maximum Gasteiger partial charge on any atom is 0.341 e. The maximum atomic E-state index is 14.0. The Kier molecular flexibility index (Phi) is 6.10. The van der Waals surface area contributed by atoms with E-state index in [1.165, 1.54) is 17.4 Å². The van der Waals surface area contributed by atoms with Crippen LogP contribution in [0.1, 0.15) is 51.9 Å². The zero-order valence-corrected chi connectivity index (χ0v) is 16.8. The number of nitrogens with one attached hydrogen (secondary N) is 1. The van der Waals surface area contributed by atoms with Gasteiger partial charge in [0.2, 0.25) is 0 Å². The first kappa shape index (κ1) is 20.4. The number of amides is 1. The van der Waals surface area contributed by atoms with Gasteiger partial charge in [-0.25, -0.2) is 13.6 Å². The average molecular weight is 408 g/mol. The third-order valence-electron chi connectivity index (χ3n) is 4.71. The first-order chi connectivity index (χ1) is 13.3. The summed E-state index contributed by atoms with van der Waals surface area (Å²) in [5.41, 5.74) is 0.451. The van der Waals surface area contributed by atoms with E-state index in [2.05, 4.69) is 24.1 Å². The lowest BCUT2D eigenvalue weighted by Gasteiger charge is -2.30. The van der Waals surface area contributed by atoms with Crippen molar-refractivity contribution in [2.75, 3.05) is 18.5 Å². The largest absolute Gasteiger partial charge is 0.462 e. The Morgan fingerprint density at radius 1 is 1.25 bits per heavy atom. The second-order valence-corrected chi connectivity index (χ2v) is 7.90. The molecule has 2 heterocycles. The van der Waals surface area contributed by atoms with Crippen LogP contribution in [0.25, 0.3) is 0 Å². The molecule has 8 heteroatoms. The van der Waals surface area contributed by atoms with E-state index < -0.39 is 29.1 Å². The Bertz CT molecular complexity index is 891. The van der Waals surface area contributed by atoms with E-state index in [1.54, 1.807) is 6.92 Å². The van der Waals surface area contributed by atoms with Crippen molar-refractivity contribution in [2.45, 2.75) is 39.8 Å². The Morgan fingerprint density at radius 3 is 2.54 bits per heavy atom. The summed E-state index contributed by atoms with van der Waals surface area (Å²) in [5, 5.41) is 2.79. The molecule has 0 radical (unpaired) electrons. The van der Waals surface area contributed by atoms with Gasteiger partial charge >= 0.3 is 5.97 Å².